The van der Waals surface area contributed by atoms with E-state index < -0.39 is 23.4 Å². The molecule has 2 N–H and O–H groups in total. The molecular formula is C23H23F3N4O2. The number of halogens is 3. The van der Waals surface area contributed by atoms with Crippen molar-refractivity contribution in [2.75, 3.05) is 19.6 Å². The van der Waals surface area contributed by atoms with Gasteiger partial charge >= 0.3 is 0 Å². The number of likely N-dealkylation sites (N-methyl/N-ethyl adjacent to an activating group) is 1. The van der Waals surface area contributed by atoms with Crippen LogP contribution in [0, 0.1) is 17.5 Å². The van der Waals surface area contributed by atoms with E-state index in [1.54, 1.807) is 28.8 Å². The summed E-state index contributed by atoms with van der Waals surface area (Å²) in [6.45, 7) is 4.38. The summed E-state index contributed by atoms with van der Waals surface area (Å²) in [6.07, 6.45) is 4.23. The van der Waals surface area contributed by atoms with E-state index in [1.165, 1.54) is 11.6 Å². The van der Waals surface area contributed by atoms with Crippen molar-refractivity contribution in [1.29, 1.82) is 0 Å². The molecule has 1 fully saturated rings. The highest BCUT2D eigenvalue weighted by Gasteiger charge is 2.29. The number of nitrogens with zero attached hydrogens (tertiary/aromatic N) is 3. The Morgan fingerprint density at radius 3 is 2.84 bits per heavy atom. The van der Waals surface area contributed by atoms with Crippen LogP contribution in [-0.4, -0.2) is 45.2 Å². The van der Waals surface area contributed by atoms with Gasteiger partial charge in [-0.25, -0.2) is 23.6 Å². The quantitative estimate of drug-likeness (QED) is 0.267. The van der Waals surface area contributed by atoms with E-state index in [0.29, 0.717) is 29.6 Å². The van der Waals surface area contributed by atoms with E-state index in [9.17, 15) is 18.0 Å². The van der Waals surface area contributed by atoms with Crippen molar-refractivity contribution in [1.82, 2.24) is 19.9 Å². The first kappa shape index (κ1) is 22.0. The lowest BCUT2D eigenvalue weighted by molar-refractivity contribution is -0.124. The van der Waals surface area contributed by atoms with Crippen LogP contribution in [0.5, 0.6) is 0 Å². The third-order valence-corrected chi connectivity index (χ3v) is 5.78. The standard InChI is InChI=1S/C23H23F3N4O2/c1-2-29-10-4-7-16(13-29)30-22-20(26)17(24)12-18(25)21(22)27-23(30)15-6-3-5-14(11-15)8-9-19(31)28-32/h3,5-6,8-9,11-12,16,32H,2,4,7,10,13H2,1H3,(H,28,31)/b9-8+/t16-/m1/s1. The third kappa shape index (κ3) is 4.13. The Hall–Kier alpha value is -3.17. The predicted molar refractivity (Wildman–Crippen MR) is 114 cm³/mol. The third-order valence-electron chi connectivity index (χ3n) is 5.78. The van der Waals surface area contributed by atoms with E-state index in [2.05, 4.69) is 9.88 Å². The van der Waals surface area contributed by atoms with Crippen molar-refractivity contribution in [3.05, 3.63) is 59.4 Å². The maximum Gasteiger partial charge on any atom is 0.267 e. The molecule has 0 saturated carbocycles. The highest BCUT2D eigenvalue weighted by atomic mass is 19.2. The number of fused-ring (bicyclic) bond motifs is 1. The van der Waals surface area contributed by atoms with Crippen molar-refractivity contribution < 1.29 is 23.2 Å². The monoisotopic (exact) mass is 444 g/mol. The molecular weight excluding hydrogens is 421 g/mol. The molecule has 3 aromatic rings. The largest absolute Gasteiger partial charge is 0.317 e. The molecule has 0 radical (unpaired) electrons. The Bertz CT molecular complexity index is 1190. The number of amides is 1. The zero-order valence-electron chi connectivity index (χ0n) is 17.5. The second-order valence-corrected chi connectivity index (χ2v) is 7.78. The average Bonchev–Trinajstić information content (AvgIpc) is 3.23. The predicted octanol–water partition coefficient (Wildman–Crippen LogP) is 4.30. The highest BCUT2D eigenvalue weighted by molar-refractivity contribution is 5.91. The molecule has 4 rings (SSSR count). The van der Waals surface area contributed by atoms with E-state index in [1.807, 2.05) is 6.92 Å². The molecule has 6 nitrogen and oxygen atoms in total. The second-order valence-electron chi connectivity index (χ2n) is 7.78. The fraction of sp³-hybridized carbons (Fsp3) is 0.304. The molecule has 9 heteroatoms. The van der Waals surface area contributed by atoms with Gasteiger partial charge < -0.3 is 9.47 Å². The van der Waals surface area contributed by atoms with Crippen LogP contribution in [0.1, 0.15) is 31.4 Å². The fourth-order valence-electron chi connectivity index (χ4n) is 4.24. The summed E-state index contributed by atoms with van der Waals surface area (Å²) in [5, 5.41) is 8.65. The fourth-order valence-corrected chi connectivity index (χ4v) is 4.24. The van der Waals surface area contributed by atoms with Gasteiger partial charge in [0.15, 0.2) is 17.5 Å². The lowest BCUT2D eigenvalue weighted by Gasteiger charge is -2.33. The van der Waals surface area contributed by atoms with E-state index in [-0.39, 0.29) is 17.1 Å². The lowest BCUT2D eigenvalue weighted by Crippen LogP contribution is -2.36. The smallest absolute Gasteiger partial charge is 0.267 e. The summed E-state index contributed by atoms with van der Waals surface area (Å²) < 4.78 is 45.3. The topological polar surface area (TPSA) is 70.4 Å². The van der Waals surface area contributed by atoms with Crippen LogP contribution in [0.2, 0.25) is 0 Å². The van der Waals surface area contributed by atoms with Crippen LogP contribution in [0.4, 0.5) is 13.2 Å². The van der Waals surface area contributed by atoms with E-state index in [0.717, 1.165) is 32.0 Å². The summed E-state index contributed by atoms with van der Waals surface area (Å²) in [6, 6.07) is 7.22. The summed E-state index contributed by atoms with van der Waals surface area (Å²) in [5.41, 5.74) is 2.31. The molecule has 32 heavy (non-hydrogen) atoms. The molecule has 2 aromatic carbocycles. The van der Waals surface area contributed by atoms with Crippen molar-refractivity contribution in [2.24, 2.45) is 0 Å². The summed E-state index contributed by atoms with van der Waals surface area (Å²) in [5.74, 6) is -3.66. The summed E-state index contributed by atoms with van der Waals surface area (Å²) in [7, 11) is 0. The number of likely N-dealkylation sites (tertiary alicyclic amines) is 1. The first-order valence-corrected chi connectivity index (χ1v) is 10.4. The Balaban J connectivity index is 1.90. The Labute approximate surface area is 182 Å². The van der Waals surface area contributed by atoms with E-state index in [4.69, 9.17) is 5.21 Å². The number of hydrogen-bond acceptors (Lipinski definition) is 4. The number of hydrogen-bond donors (Lipinski definition) is 2. The summed E-state index contributed by atoms with van der Waals surface area (Å²) in [4.78, 5) is 17.9. The van der Waals surface area contributed by atoms with Crippen LogP contribution in [0.25, 0.3) is 28.5 Å². The van der Waals surface area contributed by atoms with Crippen LogP contribution in [-0.2, 0) is 4.79 Å². The molecule has 0 unspecified atom stereocenters. The lowest BCUT2D eigenvalue weighted by atomic mass is 10.0. The number of hydroxylamine groups is 1. The van der Waals surface area contributed by atoms with Crippen LogP contribution in [0.15, 0.2) is 36.4 Å². The molecule has 168 valence electrons. The van der Waals surface area contributed by atoms with Crippen molar-refractivity contribution in [2.45, 2.75) is 25.8 Å². The number of piperidine rings is 1. The van der Waals surface area contributed by atoms with Gasteiger partial charge in [-0.3, -0.25) is 10.0 Å². The van der Waals surface area contributed by atoms with Gasteiger partial charge in [-0.1, -0.05) is 25.1 Å². The Kier molecular flexibility index (Phi) is 6.29. The number of rotatable bonds is 5. The second kappa shape index (κ2) is 9.13. The first-order valence-electron chi connectivity index (χ1n) is 10.4. The van der Waals surface area contributed by atoms with Gasteiger partial charge in [0.2, 0.25) is 0 Å². The first-order chi connectivity index (χ1) is 15.4. The molecule has 1 aliphatic rings. The minimum Gasteiger partial charge on any atom is -0.317 e. The Morgan fingerprint density at radius 2 is 2.09 bits per heavy atom. The molecule has 0 aliphatic carbocycles. The van der Waals surface area contributed by atoms with Crippen LogP contribution < -0.4 is 5.48 Å². The molecule has 0 bridgehead atoms. The number of carbonyl (C=O) groups is 1. The van der Waals surface area contributed by atoms with Crippen molar-refractivity contribution in [3.8, 4) is 11.4 Å². The van der Waals surface area contributed by atoms with E-state index >= 15 is 0 Å². The van der Waals surface area contributed by atoms with Crippen molar-refractivity contribution in [3.63, 3.8) is 0 Å². The zero-order chi connectivity index (χ0) is 22.8. The molecule has 1 atom stereocenters. The minimum absolute atomic E-state index is 0.180. The number of nitrogens with one attached hydrogen (secondary N) is 1. The van der Waals surface area contributed by atoms with Crippen LogP contribution in [0.3, 0.4) is 0 Å². The average molecular weight is 444 g/mol. The van der Waals surface area contributed by atoms with Gasteiger partial charge in [-0.05, 0) is 43.6 Å². The van der Waals surface area contributed by atoms with Crippen LogP contribution >= 0.6 is 0 Å². The molecule has 1 amide bonds. The highest BCUT2D eigenvalue weighted by Crippen LogP contribution is 2.35. The van der Waals surface area contributed by atoms with Gasteiger partial charge in [0, 0.05) is 30.3 Å². The summed E-state index contributed by atoms with van der Waals surface area (Å²) >= 11 is 0. The van der Waals surface area contributed by atoms with Gasteiger partial charge in [-0.15, -0.1) is 0 Å². The molecule has 1 aromatic heterocycles. The maximum atomic E-state index is 14.9. The number of aromatic nitrogens is 2. The molecule has 1 aliphatic heterocycles. The normalized spacial score (nSPS) is 17.3. The van der Waals surface area contributed by atoms with Gasteiger partial charge in [-0.2, -0.15) is 0 Å². The molecule has 0 spiro atoms. The minimum atomic E-state index is -1.25. The molecule has 1 saturated heterocycles. The zero-order valence-corrected chi connectivity index (χ0v) is 17.5. The molecule has 2 heterocycles. The Morgan fingerprint density at radius 1 is 1.28 bits per heavy atom. The number of benzene rings is 2. The van der Waals surface area contributed by atoms with Gasteiger partial charge in [0.05, 0.1) is 0 Å². The SMILES string of the molecule is CCN1CCC[C@@H](n2c(-c3cccc(/C=C/C(=O)NO)c3)nc3c(F)cc(F)c(F)c32)C1. The maximum absolute atomic E-state index is 14.9. The number of imidazole rings is 1. The number of carbonyl (C=O) groups excluding carboxylic acids is 1. The van der Waals surface area contributed by atoms with Gasteiger partial charge in [0.25, 0.3) is 5.91 Å². The van der Waals surface area contributed by atoms with Gasteiger partial charge in [0.1, 0.15) is 16.9 Å². The van der Waals surface area contributed by atoms with Crippen molar-refractivity contribution >= 4 is 23.0 Å².